The Labute approximate surface area is 196 Å². The van der Waals surface area contributed by atoms with Gasteiger partial charge in [0, 0.05) is 44.3 Å². The van der Waals surface area contributed by atoms with E-state index in [1.165, 1.54) is 12.1 Å². The molecule has 180 valence electrons. The Kier molecular flexibility index (Phi) is 10.3. The number of rotatable bonds is 10. The molecule has 3 rings (SSSR count). The van der Waals surface area contributed by atoms with Crippen molar-refractivity contribution in [1.29, 1.82) is 0 Å². The molecule has 2 heterocycles. The van der Waals surface area contributed by atoms with Crippen molar-refractivity contribution in [3.8, 4) is 5.75 Å². The lowest BCUT2D eigenvalue weighted by Crippen LogP contribution is -2.52. The van der Waals surface area contributed by atoms with Crippen LogP contribution in [0, 0.1) is 5.82 Å². The lowest BCUT2D eigenvalue weighted by molar-refractivity contribution is 0.0558. The third-order valence-corrected chi connectivity index (χ3v) is 5.91. The Morgan fingerprint density at radius 1 is 1.34 bits per heavy atom. The molecule has 6 nitrogen and oxygen atoms in total. The van der Waals surface area contributed by atoms with Gasteiger partial charge in [0.2, 0.25) is 0 Å². The van der Waals surface area contributed by atoms with Crippen LogP contribution in [-0.2, 0) is 11.3 Å². The van der Waals surface area contributed by atoms with Crippen LogP contribution >= 0.6 is 12.4 Å². The number of nitrogens with one attached hydrogen (secondary N) is 1. The predicted octanol–water partition coefficient (Wildman–Crippen LogP) is 4.63. The zero-order valence-corrected chi connectivity index (χ0v) is 20.5. The smallest absolute Gasteiger partial charge is 0.274 e. The molecule has 32 heavy (non-hydrogen) atoms. The lowest BCUT2D eigenvalue weighted by atomic mass is 10.0. The van der Waals surface area contributed by atoms with Crippen LogP contribution in [-0.4, -0.2) is 60.9 Å². The van der Waals surface area contributed by atoms with Gasteiger partial charge in [-0.1, -0.05) is 0 Å². The van der Waals surface area contributed by atoms with Gasteiger partial charge in [-0.2, -0.15) is 0 Å². The molecule has 0 unspecified atom stereocenters. The van der Waals surface area contributed by atoms with Gasteiger partial charge in [0.1, 0.15) is 5.82 Å². The van der Waals surface area contributed by atoms with Gasteiger partial charge in [-0.05, 0) is 71.2 Å². The molecule has 1 N–H and O–H groups in total. The number of aromatic nitrogens is 1. The predicted molar refractivity (Wildman–Crippen MR) is 129 cm³/mol. The fourth-order valence-corrected chi connectivity index (χ4v) is 4.56. The third kappa shape index (κ3) is 5.74. The second-order valence-electron chi connectivity index (χ2n) is 8.43. The molecule has 1 fully saturated rings. The maximum atomic E-state index is 14.1. The Hall–Kier alpha value is -1.83. The van der Waals surface area contributed by atoms with E-state index in [0.717, 1.165) is 44.3 Å². The standard InChI is InChI=1S/C24H36FN3O3.ClH/c1-5-31-23-20-15-18(25)10-11-21(20)27(13-6-7-14-30-4)22(23)24(29)28(17(2)3)19-9-8-12-26-16-19;/h10-11,15,17,19,26H,5-9,12-14,16H2,1-4H3;1H/t19-;/m1./s1. The fraction of sp³-hybridized carbons (Fsp3) is 0.625. The van der Waals surface area contributed by atoms with Crippen molar-refractivity contribution in [3.63, 3.8) is 0 Å². The minimum Gasteiger partial charge on any atom is -0.491 e. The first-order valence-electron chi connectivity index (χ1n) is 11.5. The number of halogens is 2. The van der Waals surface area contributed by atoms with Crippen molar-refractivity contribution in [2.75, 3.05) is 33.4 Å². The minimum absolute atomic E-state index is 0. The lowest BCUT2D eigenvalue weighted by Gasteiger charge is -2.38. The summed E-state index contributed by atoms with van der Waals surface area (Å²) in [4.78, 5) is 16.0. The van der Waals surface area contributed by atoms with Crippen LogP contribution < -0.4 is 10.1 Å². The summed E-state index contributed by atoms with van der Waals surface area (Å²) in [7, 11) is 1.69. The molecule has 2 aromatic rings. The molecule has 1 saturated heterocycles. The highest BCUT2D eigenvalue weighted by Crippen LogP contribution is 2.36. The molecule has 0 radical (unpaired) electrons. The van der Waals surface area contributed by atoms with Crippen LogP contribution in [0.2, 0.25) is 0 Å². The van der Waals surface area contributed by atoms with E-state index in [-0.39, 0.29) is 36.2 Å². The van der Waals surface area contributed by atoms with Crippen LogP contribution in [0.3, 0.4) is 0 Å². The summed E-state index contributed by atoms with van der Waals surface area (Å²) in [5.41, 5.74) is 1.36. The summed E-state index contributed by atoms with van der Waals surface area (Å²) in [5.74, 6) is 0.111. The molecule has 1 aromatic heterocycles. The van der Waals surface area contributed by atoms with Crippen LogP contribution in [0.25, 0.3) is 10.9 Å². The topological polar surface area (TPSA) is 55.7 Å². The van der Waals surface area contributed by atoms with Crippen molar-refractivity contribution in [2.24, 2.45) is 0 Å². The first kappa shape index (κ1) is 26.4. The number of carbonyl (C=O) groups excluding carboxylic acids is 1. The highest BCUT2D eigenvalue weighted by Gasteiger charge is 2.33. The van der Waals surface area contributed by atoms with Crippen LogP contribution in [0.1, 0.15) is 56.9 Å². The minimum atomic E-state index is -0.332. The van der Waals surface area contributed by atoms with Crippen molar-refractivity contribution in [3.05, 3.63) is 29.7 Å². The number of hydrogen-bond acceptors (Lipinski definition) is 4. The van der Waals surface area contributed by atoms with Crippen molar-refractivity contribution < 1.29 is 18.7 Å². The number of nitrogens with zero attached hydrogens (tertiary/aromatic N) is 2. The maximum Gasteiger partial charge on any atom is 0.274 e. The molecular formula is C24H37ClFN3O3. The second-order valence-corrected chi connectivity index (χ2v) is 8.43. The summed E-state index contributed by atoms with van der Waals surface area (Å²) in [6.45, 7) is 9.50. The highest BCUT2D eigenvalue weighted by molar-refractivity contribution is 6.04. The van der Waals surface area contributed by atoms with Crippen LogP contribution in [0.15, 0.2) is 18.2 Å². The number of piperidine rings is 1. The third-order valence-electron chi connectivity index (χ3n) is 5.91. The van der Waals surface area contributed by atoms with E-state index < -0.39 is 0 Å². The molecule has 0 bridgehead atoms. The van der Waals surface area contributed by atoms with E-state index in [9.17, 15) is 9.18 Å². The van der Waals surface area contributed by atoms with E-state index in [1.807, 2.05) is 16.4 Å². The SMILES string of the molecule is CCOc1c(C(=O)N(C(C)C)[C@@H]2CCCNC2)n(CCCCOC)c2ccc(F)cc12.Cl. The van der Waals surface area contributed by atoms with Gasteiger partial charge < -0.3 is 24.3 Å². The number of ether oxygens (including phenoxy) is 2. The molecule has 1 atom stereocenters. The van der Waals surface area contributed by atoms with Gasteiger partial charge in [0.15, 0.2) is 11.4 Å². The van der Waals surface area contributed by atoms with Crippen LogP contribution in [0.4, 0.5) is 4.39 Å². The first-order valence-corrected chi connectivity index (χ1v) is 11.5. The molecule has 1 aromatic carbocycles. The zero-order chi connectivity index (χ0) is 22.4. The van der Waals surface area contributed by atoms with Crippen molar-refractivity contribution in [2.45, 2.75) is 65.1 Å². The quantitative estimate of drug-likeness (QED) is 0.515. The molecule has 0 aliphatic carbocycles. The van der Waals surface area contributed by atoms with Gasteiger partial charge in [0.05, 0.1) is 12.1 Å². The molecule has 1 amide bonds. The van der Waals surface area contributed by atoms with E-state index in [1.54, 1.807) is 13.2 Å². The second kappa shape index (κ2) is 12.4. The van der Waals surface area contributed by atoms with Gasteiger partial charge >= 0.3 is 0 Å². The number of fused-ring (bicyclic) bond motifs is 1. The molecular weight excluding hydrogens is 433 g/mol. The molecule has 1 aliphatic heterocycles. The van der Waals surface area contributed by atoms with E-state index >= 15 is 0 Å². The van der Waals surface area contributed by atoms with E-state index in [2.05, 4.69) is 19.2 Å². The monoisotopic (exact) mass is 469 g/mol. The molecule has 0 spiro atoms. The van der Waals surface area contributed by atoms with Gasteiger partial charge in [-0.15, -0.1) is 12.4 Å². The number of carbonyl (C=O) groups is 1. The summed E-state index contributed by atoms with van der Waals surface area (Å²) < 4.78 is 27.3. The average molecular weight is 470 g/mol. The number of hydrogen-bond donors (Lipinski definition) is 1. The normalized spacial score (nSPS) is 16.2. The molecule has 1 aliphatic rings. The van der Waals surface area contributed by atoms with E-state index in [0.29, 0.717) is 36.6 Å². The summed E-state index contributed by atoms with van der Waals surface area (Å²) in [6, 6.07) is 4.85. The average Bonchev–Trinajstić information content (AvgIpc) is 3.04. The summed E-state index contributed by atoms with van der Waals surface area (Å²) >= 11 is 0. The molecule has 0 saturated carbocycles. The number of amides is 1. The Balaban J connectivity index is 0.00000363. The number of aryl methyl sites for hydroxylation is 1. The van der Waals surface area contributed by atoms with Crippen molar-refractivity contribution >= 4 is 29.2 Å². The van der Waals surface area contributed by atoms with Crippen LogP contribution in [0.5, 0.6) is 5.75 Å². The largest absolute Gasteiger partial charge is 0.491 e. The Morgan fingerprint density at radius 3 is 2.75 bits per heavy atom. The Bertz CT molecular complexity index is 881. The van der Waals surface area contributed by atoms with Gasteiger partial charge in [0.25, 0.3) is 5.91 Å². The van der Waals surface area contributed by atoms with E-state index in [4.69, 9.17) is 9.47 Å². The number of benzene rings is 1. The maximum absolute atomic E-state index is 14.1. The fourth-order valence-electron chi connectivity index (χ4n) is 4.56. The van der Waals surface area contributed by atoms with Gasteiger partial charge in [-0.25, -0.2) is 4.39 Å². The number of unbranched alkanes of at least 4 members (excludes halogenated alkanes) is 1. The number of methoxy groups -OCH3 is 1. The summed E-state index contributed by atoms with van der Waals surface area (Å²) in [6.07, 6.45) is 3.76. The van der Waals surface area contributed by atoms with Crippen molar-refractivity contribution in [1.82, 2.24) is 14.8 Å². The molecule has 8 heteroatoms. The highest BCUT2D eigenvalue weighted by atomic mass is 35.5. The Morgan fingerprint density at radius 2 is 2.12 bits per heavy atom. The first-order chi connectivity index (χ1) is 15.0. The zero-order valence-electron chi connectivity index (χ0n) is 19.7. The summed E-state index contributed by atoms with van der Waals surface area (Å²) in [5, 5.41) is 4.07. The van der Waals surface area contributed by atoms with Gasteiger partial charge in [-0.3, -0.25) is 4.79 Å².